The maximum Gasteiger partial charge on any atom is 0.123 e. The number of hydrogen-bond donors (Lipinski definition) is 0. The van der Waals surface area contributed by atoms with Crippen LogP contribution in [0.4, 0.5) is 4.39 Å². The number of fused-ring (bicyclic) bond motifs is 3. The van der Waals surface area contributed by atoms with Gasteiger partial charge in [0.25, 0.3) is 0 Å². The summed E-state index contributed by atoms with van der Waals surface area (Å²) in [5.74, 6) is 0.954. The molecule has 1 aliphatic rings. The number of benzene rings is 2. The van der Waals surface area contributed by atoms with Crippen LogP contribution in [0.5, 0.6) is 0 Å². The standard InChI is InChI=1S/C18H16FNS/c1-12-3-2-4-13(9-12)11-20-16-6-5-14(19)10-15(16)18-17(20)7-8-21-18/h2-6,9-10H,7-8,11H2,1H3. The lowest BCUT2D eigenvalue weighted by Gasteiger charge is -2.10. The van der Waals surface area contributed by atoms with Crippen molar-refractivity contribution in [1.82, 2.24) is 4.57 Å². The molecule has 21 heavy (non-hydrogen) atoms. The van der Waals surface area contributed by atoms with Crippen molar-refractivity contribution in [1.29, 1.82) is 0 Å². The lowest BCUT2D eigenvalue weighted by atomic mass is 10.1. The molecule has 0 unspecified atom stereocenters. The van der Waals surface area contributed by atoms with E-state index in [4.69, 9.17) is 0 Å². The van der Waals surface area contributed by atoms with E-state index in [1.165, 1.54) is 21.7 Å². The molecule has 0 bridgehead atoms. The Morgan fingerprint density at radius 2 is 2.10 bits per heavy atom. The summed E-state index contributed by atoms with van der Waals surface area (Å²) in [6.45, 7) is 2.98. The molecule has 0 spiro atoms. The van der Waals surface area contributed by atoms with Crippen LogP contribution >= 0.6 is 11.8 Å². The maximum atomic E-state index is 13.6. The molecule has 2 aromatic carbocycles. The van der Waals surface area contributed by atoms with Crippen molar-refractivity contribution in [2.75, 3.05) is 5.75 Å². The fraction of sp³-hybridized carbons (Fsp3) is 0.222. The highest BCUT2D eigenvalue weighted by molar-refractivity contribution is 7.99. The first-order valence-electron chi connectivity index (χ1n) is 7.21. The lowest BCUT2D eigenvalue weighted by molar-refractivity contribution is 0.629. The number of halogens is 1. The van der Waals surface area contributed by atoms with E-state index in [9.17, 15) is 4.39 Å². The van der Waals surface area contributed by atoms with Gasteiger partial charge in [0.2, 0.25) is 0 Å². The van der Waals surface area contributed by atoms with E-state index in [0.29, 0.717) is 0 Å². The Morgan fingerprint density at radius 1 is 1.19 bits per heavy atom. The van der Waals surface area contributed by atoms with Gasteiger partial charge in [-0.15, -0.1) is 11.8 Å². The molecule has 0 radical (unpaired) electrons. The molecule has 3 heteroatoms. The highest BCUT2D eigenvalue weighted by Crippen LogP contribution is 2.40. The molecule has 0 saturated heterocycles. The molecule has 0 saturated carbocycles. The molecular weight excluding hydrogens is 281 g/mol. The summed E-state index contributed by atoms with van der Waals surface area (Å²) < 4.78 is 15.9. The zero-order valence-corrected chi connectivity index (χ0v) is 12.7. The molecule has 4 rings (SSSR count). The molecule has 1 nitrogen and oxygen atoms in total. The topological polar surface area (TPSA) is 4.93 Å². The third-order valence-electron chi connectivity index (χ3n) is 4.09. The van der Waals surface area contributed by atoms with Crippen molar-refractivity contribution in [2.45, 2.75) is 24.8 Å². The fourth-order valence-electron chi connectivity index (χ4n) is 3.18. The normalized spacial score (nSPS) is 13.8. The Labute approximate surface area is 127 Å². The zero-order valence-electron chi connectivity index (χ0n) is 11.9. The summed E-state index contributed by atoms with van der Waals surface area (Å²) in [7, 11) is 0. The van der Waals surface area contributed by atoms with Crippen LogP contribution in [0, 0.1) is 12.7 Å². The van der Waals surface area contributed by atoms with Crippen LogP contribution in [0.2, 0.25) is 0 Å². The van der Waals surface area contributed by atoms with E-state index in [0.717, 1.165) is 29.6 Å². The highest BCUT2D eigenvalue weighted by Gasteiger charge is 2.22. The zero-order chi connectivity index (χ0) is 14.4. The van der Waals surface area contributed by atoms with Gasteiger partial charge in [0.1, 0.15) is 5.82 Å². The van der Waals surface area contributed by atoms with Crippen LogP contribution in [0.3, 0.4) is 0 Å². The first-order chi connectivity index (χ1) is 10.2. The van der Waals surface area contributed by atoms with Gasteiger partial charge in [-0.3, -0.25) is 0 Å². The third kappa shape index (κ3) is 2.16. The van der Waals surface area contributed by atoms with Crippen LogP contribution in [-0.2, 0) is 13.0 Å². The Bertz CT molecular complexity index is 835. The van der Waals surface area contributed by atoms with E-state index in [1.54, 1.807) is 12.1 Å². The molecule has 0 amide bonds. The third-order valence-corrected chi connectivity index (χ3v) is 5.24. The second-order valence-electron chi connectivity index (χ2n) is 5.61. The molecule has 0 aliphatic carbocycles. The number of thioether (sulfide) groups is 1. The lowest BCUT2D eigenvalue weighted by Crippen LogP contribution is -2.04. The van der Waals surface area contributed by atoms with Gasteiger partial charge in [-0.2, -0.15) is 0 Å². The van der Waals surface area contributed by atoms with Gasteiger partial charge in [-0.25, -0.2) is 4.39 Å². The van der Waals surface area contributed by atoms with Crippen molar-refractivity contribution >= 4 is 22.7 Å². The molecule has 1 aliphatic heterocycles. The summed E-state index contributed by atoms with van der Waals surface area (Å²) >= 11 is 1.85. The first kappa shape index (κ1) is 13.0. The molecular formula is C18H16FNS. The van der Waals surface area contributed by atoms with Gasteiger partial charge in [0.15, 0.2) is 0 Å². The monoisotopic (exact) mass is 297 g/mol. The molecule has 1 aromatic heterocycles. The predicted molar refractivity (Wildman–Crippen MR) is 86.6 cm³/mol. The minimum absolute atomic E-state index is 0.148. The first-order valence-corrected chi connectivity index (χ1v) is 8.20. The second kappa shape index (κ2) is 4.92. The molecule has 0 atom stereocenters. The Morgan fingerprint density at radius 3 is 2.95 bits per heavy atom. The maximum absolute atomic E-state index is 13.6. The van der Waals surface area contributed by atoms with Crippen molar-refractivity contribution in [3.05, 3.63) is 65.1 Å². The Hall–Kier alpha value is -1.74. The van der Waals surface area contributed by atoms with Crippen molar-refractivity contribution in [2.24, 2.45) is 0 Å². The van der Waals surface area contributed by atoms with Crippen LogP contribution in [0.25, 0.3) is 10.9 Å². The predicted octanol–water partition coefficient (Wildman–Crippen LogP) is 4.79. The van der Waals surface area contributed by atoms with Crippen LogP contribution in [0.1, 0.15) is 16.8 Å². The number of nitrogens with zero attached hydrogens (tertiary/aromatic N) is 1. The highest BCUT2D eigenvalue weighted by atomic mass is 32.2. The van der Waals surface area contributed by atoms with Gasteiger partial charge >= 0.3 is 0 Å². The average Bonchev–Trinajstić information content (AvgIpc) is 3.02. The molecule has 0 N–H and O–H groups in total. The van der Waals surface area contributed by atoms with E-state index in [-0.39, 0.29) is 5.82 Å². The second-order valence-corrected chi connectivity index (χ2v) is 6.72. The SMILES string of the molecule is Cc1cccc(Cn2c3c(c4cc(F)ccc42)SCC3)c1. The average molecular weight is 297 g/mol. The van der Waals surface area contributed by atoms with E-state index in [2.05, 4.69) is 35.8 Å². The number of aromatic nitrogens is 1. The number of rotatable bonds is 2. The van der Waals surface area contributed by atoms with Gasteiger partial charge in [0.05, 0.1) is 0 Å². The van der Waals surface area contributed by atoms with E-state index >= 15 is 0 Å². The number of hydrogen-bond acceptors (Lipinski definition) is 1. The van der Waals surface area contributed by atoms with E-state index in [1.807, 2.05) is 17.8 Å². The van der Waals surface area contributed by atoms with Gasteiger partial charge in [0, 0.05) is 33.8 Å². The molecule has 2 heterocycles. The molecule has 3 aromatic rings. The molecule has 0 fully saturated rings. The summed E-state index contributed by atoms with van der Waals surface area (Å²) in [6, 6.07) is 13.8. The van der Waals surface area contributed by atoms with Crippen molar-refractivity contribution in [3.63, 3.8) is 0 Å². The van der Waals surface area contributed by atoms with Crippen molar-refractivity contribution in [3.8, 4) is 0 Å². The minimum atomic E-state index is -0.148. The largest absolute Gasteiger partial charge is 0.339 e. The van der Waals surface area contributed by atoms with Crippen LogP contribution in [0.15, 0.2) is 47.4 Å². The summed E-state index contributed by atoms with van der Waals surface area (Å²) in [6.07, 6.45) is 1.07. The van der Waals surface area contributed by atoms with Gasteiger partial charge in [-0.05, 0) is 37.1 Å². The smallest absolute Gasteiger partial charge is 0.123 e. The minimum Gasteiger partial charge on any atom is -0.339 e. The number of aryl methyl sites for hydroxylation is 1. The Kier molecular flexibility index (Phi) is 3.03. The fourth-order valence-corrected chi connectivity index (χ4v) is 4.38. The van der Waals surface area contributed by atoms with E-state index < -0.39 is 0 Å². The Balaban J connectivity index is 1.88. The van der Waals surface area contributed by atoms with Crippen molar-refractivity contribution < 1.29 is 4.39 Å². The quantitative estimate of drug-likeness (QED) is 0.658. The molecule has 106 valence electrons. The summed E-state index contributed by atoms with van der Waals surface area (Å²) in [4.78, 5) is 1.28. The summed E-state index contributed by atoms with van der Waals surface area (Å²) in [5, 5.41) is 1.07. The van der Waals surface area contributed by atoms with Crippen LogP contribution in [-0.4, -0.2) is 10.3 Å². The van der Waals surface area contributed by atoms with Crippen LogP contribution < -0.4 is 0 Å². The van der Waals surface area contributed by atoms with Gasteiger partial charge < -0.3 is 4.57 Å². The summed E-state index contributed by atoms with van der Waals surface area (Å²) in [5.41, 5.74) is 5.09. The van der Waals surface area contributed by atoms with Gasteiger partial charge in [-0.1, -0.05) is 29.8 Å².